The molecule has 1 N–H and O–H groups in total. The Morgan fingerprint density at radius 1 is 0.900 bits per heavy atom. The molecule has 0 atom stereocenters. The molecule has 0 aliphatic carbocycles. The van der Waals surface area contributed by atoms with Gasteiger partial charge in [0.15, 0.2) is 0 Å². The van der Waals surface area contributed by atoms with E-state index < -0.39 is 11.9 Å². The molecule has 0 heterocycles. The molecule has 2 radical (unpaired) electrons. The van der Waals surface area contributed by atoms with Gasteiger partial charge in [0.05, 0.1) is 11.1 Å². The maximum atomic E-state index is 11.8. The van der Waals surface area contributed by atoms with Crippen LogP contribution >= 0.6 is 0 Å². The van der Waals surface area contributed by atoms with Crippen molar-refractivity contribution in [2.24, 2.45) is 0 Å². The van der Waals surface area contributed by atoms with Crippen molar-refractivity contribution in [3.8, 4) is 5.75 Å². The molecule has 0 saturated heterocycles. The second-order valence-corrected chi connectivity index (χ2v) is 3.59. The number of rotatable bonds is 3. The molecule has 2 aromatic rings. The number of ether oxygens (including phenoxy) is 1. The Kier molecular flexibility index (Phi) is 10.2. The molecule has 2 rings (SSSR count). The SMILES string of the molecule is O=C(O)c1cccc(C(=O)Oc2ccccc2)c1.[Eu].[Tb]. The Hall–Kier alpha value is 0.250. The molecule has 0 unspecified atom stereocenters. The zero-order valence-electron chi connectivity index (χ0n) is 10.1. The van der Waals surface area contributed by atoms with Crippen LogP contribution in [0, 0.1) is 88.0 Å². The molecule has 0 spiro atoms. The van der Waals surface area contributed by atoms with Crippen LogP contribution in [0.3, 0.4) is 0 Å². The number of carboxylic acid groups (broad SMARTS) is 1. The number of para-hydroxylation sites is 1. The summed E-state index contributed by atoms with van der Waals surface area (Å²) in [5.74, 6) is -1.24. The summed E-state index contributed by atoms with van der Waals surface area (Å²) in [6, 6.07) is 14.3. The number of benzene rings is 2. The summed E-state index contributed by atoms with van der Waals surface area (Å²) >= 11 is 0. The van der Waals surface area contributed by atoms with Crippen LogP contribution in [0.15, 0.2) is 54.6 Å². The fourth-order valence-corrected chi connectivity index (χ4v) is 1.43. The van der Waals surface area contributed by atoms with Gasteiger partial charge in [-0.1, -0.05) is 24.3 Å². The van der Waals surface area contributed by atoms with E-state index in [4.69, 9.17) is 9.84 Å². The number of esters is 1. The third-order valence-electron chi connectivity index (χ3n) is 2.30. The minimum Gasteiger partial charge on any atom is -0.478 e. The number of hydrogen-bond donors (Lipinski definition) is 1. The molecule has 0 saturated carbocycles. The van der Waals surface area contributed by atoms with E-state index in [0.717, 1.165) is 0 Å². The van der Waals surface area contributed by atoms with Gasteiger partial charge in [0.2, 0.25) is 0 Å². The first kappa shape index (κ1) is 20.3. The first-order valence-electron chi connectivity index (χ1n) is 5.27. The Morgan fingerprint density at radius 2 is 1.50 bits per heavy atom. The van der Waals surface area contributed by atoms with E-state index in [0.29, 0.717) is 5.75 Å². The molecule has 0 fully saturated rings. The molecule has 0 amide bonds. The summed E-state index contributed by atoms with van der Waals surface area (Å²) in [4.78, 5) is 22.6. The Labute approximate surface area is 187 Å². The maximum absolute atomic E-state index is 11.8. The number of hydrogen-bond acceptors (Lipinski definition) is 3. The average molecular weight is 553 g/mol. The standard InChI is InChI=1S/C14H10O4.Eu.Tb/c15-13(16)10-5-4-6-11(9-10)14(17)18-12-7-2-1-3-8-12;;/h1-9H,(H,15,16);;. The maximum Gasteiger partial charge on any atom is 0.343 e. The van der Waals surface area contributed by atoms with Crippen LogP contribution in [0.2, 0.25) is 0 Å². The van der Waals surface area contributed by atoms with Crippen molar-refractivity contribution in [1.29, 1.82) is 0 Å². The zero-order valence-corrected chi connectivity index (χ0v) is 14.6. The summed E-state index contributed by atoms with van der Waals surface area (Å²) in [7, 11) is 0. The van der Waals surface area contributed by atoms with Gasteiger partial charge in [-0.2, -0.15) is 0 Å². The van der Waals surface area contributed by atoms with Crippen LogP contribution in [0.4, 0.5) is 0 Å². The number of carbonyl (C=O) groups excluding carboxylic acids is 1. The molecule has 0 aliphatic rings. The van der Waals surface area contributed by atoms with E-state index in [2.05, 4.69) is 0 Å². The van der Waals surface area contributed by atoms with Gasteiger partial charge in [-0.15, -0.1) is 0 Å². The first-order chi connectivity index (χ1) is 8.66. The molecule has 20 heavy (non-hydrogen) atoms. The molecular formula is C14H10EuO4Tb. The second-order valence-electron chi connectivity index (χ2n) is 3.59. The van der Waals surface area contributed by atoms with Crippen LogP contribution in [-0.2, 0) is 0 Å². The summed E-state index contributed by atoms with van der Waals surface area (Å²) in [6.45, 7) is 0. The third-order valence-corrected chi connectivity index (χ3v) is 2.30. The average Bonchev–Trinajstić information content (AvgIpc) is 2.40. The Morgan fingerprint density at radius 3 is 2.10 bits per heavy atom. The van der Waals surface area contributed by atoms with Crippen molar-refractivity contribution >= 4 is 11.9 Å². The van der Waals surface area contributed by atoms with Crippen molar-refractivity contribution in [2.75, 3.05) is 0 Å². The largest absolute Gasteiger partial charge is 0.478 e. The zero-order chi connectivity index (χ0) is 13.0. The summed E-state index contributed by atoms with van der Waals surface area (Å²) in [5.41, 5.74) is 0.260. The molecule has 2 aromatic carbocycles. The van der Waals surface area contributed by atoms with Gasteiger partial charge >= 0.3 is 11.9 Å². The predicted molar refractivity (Wildman–Crippen MR) is 64.8 cm³/mol. The summed E-state index contributed by atoms with van der Waals surface area (Å²) in [5, 5.41) is 8.83. The van der Waals surface area contributed by atoms with Gasteiger partial charge in [0.1, 0.15) is 5.75 Å². The smallest absolute Gasteiger partial charge is 0.343 e. The Balaban J connectivity index is 0.00000180. The monoisotopic (exact) mass is 554 g/mol. The van der Waals surface area contributed by atoms with Crippen molar-refractivity contribution in [2.45, 2.75) is 0 Å². The predicted octanol–water partition coefficient (Wildman–Crippen LogP) is 2.60. The molecule has 0 aliphatic heterocycles. The molecular weight excluding hydrogens is 543 g/mol. The molecule has 0 aromatic heterocycles. The van der Waals surface area contributed by atoms with E-state index in [1.807, 2.05) is 6.07 Å². The van der Waals surface area contributed by atoms with Crippen LogP contribution in [0.25, 0.3) is 0 Å². The number of aromatic carboxylic acids is 1. The Bertz CT molecular complexity index is 587. The van der Waals surface area contributed by atoms with Crippen LogP contribution < -0.4 is 4.74 Å². The van der Waals surface area contributed by atoms with Gasteiger partial charge in [0, 0.05) is 88.0 Å². The van der Waals surface area contributed by atoms with E-state index in [1.165, 1.54) is 24.3 Å². The van der Waals surface area contributed by atoms with Gasteiger partial charge in [-0.3, -0.25) is 0 Å². The molecule has 6 heteroatoms. The van der Waals surface area contributed by atoms with Crippen LogP contribution in [-0.4, -0.2) is 17.0 Å². The first-order valence-corrected chi connectivity index (χ1v) is 5.27. The molecule has 106 valence electrons. The fraction of sp³-hybridized carbons (Fsp3) is 0. The minimum atomic E-state index is -1.08. The molecule has 0 bridgehead atoms. The van der Waals surface area contributed by atoms with E-state index in [1.54, 1.807) is 24.3 Å². The van der Waals surface area contributed by atoms with Gasteiger partial charge in [0.25, 0.3) is 0 Å². The van der Waals surface area contributed by atoms with Gasteiger partial charge in [-0.25, -0.2) is 9.59 Å². The normalized spacial score (nSPS) is 8.80. The van der Waals surface area contributed by atoms with Crippen molar-refractivity contribution in [3.63, 3.8) is 0 Å². The van der Waals surface area contributed by atoms with Gasteiger partial charge in [-0.05, 0) is 30.3 Å². The van der Waals surface area contributed by atoms with Crippen molar-refractivity contribution in [1.82, 2.24) is 0 Å². The van der Waals surface area contributed by atoms with E-state index in [-0.39, 0.29) is 99.1 Å². The van der Waals surface area contributed by atoms with Crippen LogP contribution in [0.1, 0.15) is 20.7 Å². The van der Waals surface area contributed by atoms with Crippen molar-refractivity contribution in [3.05, 3.63) is 65.7 Å². The number of carbonyl (C=O) groups is 2. The minimum absolute atomic E-state index is 0. The number of carboxylic acids is 1. The van der Waals surface area contributed by atoms with Crippen molar-refractivity contribution < 1.29 is 107 Å². The summed E-state index contributed by atoms with van der Waals surface area (Å²) < 4.78 is 5.10. The third kappa shape index (κ3) is 5.93. The van der Waals surface area contributed by atoms with Gasteiger partial charge < -0.3 is 9.84 Å². The van der Waals surface area contributed by atoms with Crippen LogP contribution in [0.5, 0.6) is 5.75 Å². The topological polar surface area (TPSA) is 63.6 Å². The quantitative estimate of drug-likeness (QED) is 0.470. The molecule has 4 nitrogen and oxygen atoms in total. The van der Waals surface area contributed by atoms with E-state index in [9.17, 15) is 9.59 Å². The summed E-state index contributed by atoms with van der Waals surface area (Å²) in [6.07, 6.45) is 0. The van der Waals surface area contributed by atoms with E-state index >= 15 is 0 Å². The second kappa shape index (κ2) is 10.1. The fourth-order valence-electron chi connectivity index (χ4n) is 1.43.